The number of hydrogen-bond acceptors (Lipinski definition) is 2. The Balaban J connectivity index is 2.05. The van der Waals surface area contributed by atoms with Crippen LogP contribution in [0.2, 0.25) is 0 Å². The fourth-order valence-electron chi connectivity index (χ4n) is 2.36. The first-order chi connectivity index (χ1) is 10.1. The monoisotopic (exact) mass is 347 g/mol. The number of aryl methyl sites for hydroxylation is 2. The maximum absolute atomic E-state index is 5.93. The Bertz CT molecular complexity index is 590. The summed E-state index contributed by atoms with van der Waals surface area (Å²) in [6.45, 7) is 8.74. The van der Waals surface area contributed by atoms with E-state index in [4.69, 9.17) is 4.74 Å². The van der Waals surface area contributed by atoms with Crippen LogP contribution in [-0.4, -0.2) is 6.54 Å². The molecular weight excluding hydrogens is 326 g/mol. The second kappa shape index (κ2) is 7.62. The lowest BCUT2D eigenvalue weighted by Crippen LogP contribution is -2.12. The Morgan fingerprint density at radius 1 is 1.05 bits per heavy atom. The third-order valence-corrected chi connectivity index (χ3v) is 4.04. The predicted molar refractivity (Wildman–Crippen MR) is 91.8 cm³/mol. The summed E-state index contributed by atoms with van der Waals surface area (Å²) >= 11 is 3.58. The first-order valence-corrected chi connectivity index (χ1v) is 8.07. The maximum Gasteiger partial charge on any atom is 0.120 e. The summed E-state index contributed by atoms with van der Waals surface area (Å²) in [6, 6.07) is 12.7. The first kappa shape index (κ1) is 16.1. The van der Waals surface area contributed by atoms with Gasteiger partial charge in [-0.25, -0.2) is 0 Å². The van der Waals surface area contributed by atoms with Crippen molar-refractivity contribution in [2.24, 2.45) is 0 Å². The molecule has 0 aliphatic carbocycles. The molecule has 2 aromatic rings. The molecule has 0 fully saturated rings. The van der Waals surface area contributed by atoms with E-state index in [9.17, 15) is 0 Å². The van der Waals surface area contributed by atoms with E-state index in [0.29, 0.717) is 6.61 Å². The summed E-state index contributed by atoms with van der Waals surface area (Å²) in [5.41, 5.74) is 4.98. The lowest BCUT2D eigenvalue weighted by atomic mass is 10.1. The molecule has 0 atom stereocenters. The Labute approximate surface area is 135 Å². The van der Waals surface area contributed by atoms with Gasteiger partial charge in [0.05, 0.1) is 0 Å². The fraction of sp³-hybridized carbons (Fsp3) is 0.333. The molecule has 112 valence electrons. The number of hydrogen-bond donors (Lipinski definition) is 1. The van der Waals surface area contributed by atoms with E-state index < -0.39 is 0 Å². The molecule has 2 rings (SSSR count). The van der Waals surface area contributed by atoms with Gasteiger partial charge in [0, 0.05) is 11.0 Å². The summed E-state index contributed by atoms with van der Waals surface area (Å²) in [5.74, 6) is 0.908. The Morgan fingerprint density at radius 2 is 1.76 bits per heavy atom. The Hall–Kier alpha value is -1.32. The van der Waals surface area contributed by atoms with Gasteiger partial charge < -0.3 is 10.1 Å². The van der Waals surface area contributed by atoms with Crippen molar-refractivity contribution in [1.29, 1.82) is 0 Å². The smallest absolute Gasteiger partial charge is 0.120 e. The zero-order chi connectivity index (χ0) is 15.2. The molecule has 0 heterocycles. The highest BCUT2D eigenvalue weighted by Crippen LogP contribution is 2.23. The number of nitrogens with one attached hydrogen (secondary N) is 1. The van der Waals surface area contributed by atoms with Gasteiger partial charge >= 0.3 is 0 Å². The van der Waals surface area contributed by atoms with E-state index in [0.717, 1.165) is 23.3 Å². The number of halogens is 1. The summed E-state index contributed by atoms with van der Waals surface area (Å²) in [5, 5.41) is 3.34. The normalized spacial score (nSPS) is 10.7. The van der Waals surface area contributed by atoms with Crippen LogP contribution in [0.4, 0.5) is 0 Å². The van der Waals surface area contributed by atoms with E-state index in [-0.39, 0.29) is 0 Å². The van der Waals surface area contributed by atoms with Crippen molar-refractivity contribution in [3.05, 3.63) is 63.1 Å². The summed E-state index contributed by atoms with van der Waals surface area (Å²) in [4.78, 5) is 0. The van der Waals surface area contributed by atoms with Gasteiger partial charge in [-0.15, -0.1) is 0 Å². The Morgan fingerprint density at radius 3 is 2.43 bits per heavy atom. The molecule has 0 amide bonds. The predicted octanol–water partition coefficient (Wildman–Crippen LogP) is 4.75. The molecule has 0 spiro atoms. The second-order valence-corrected chi connectivity index (χ2v) is 6.17. The molecule has 0 aromatic heterocycles. The SMILES string of the molecule is CCNCc1cc(OCc2cc(C)cc(C)c2)ccc1Br. The Kier molecular flexibility index (Phi) is 5.83. The number of rotatable bonds is 6. The van der Waals surface area contributed by atoms with Crippen molar-refractivity contribution in [3.8, 4) is 5.75 Å². The average Bonchev–Trinajstić information content (AvgIpc) is 2.44. The van der Waals surface area contributed by atoms with Crippen LogP contribution < -0.4 is 10.1 Å². The minimum atomic E-state index is 0.602. The second-order valence-electron chi connectivity index (χ2n) is 5.32. The van der Waals surface area contributed by atoms with Crippen molar-refractivity contribution < 1.29 is 4.74 Å². The molecule has 0 unspecified atom stereocenters. The molecule has 0 bridgehead atoms. The lowest BCUT2D eigenvalue weighted by Gasteiger charge is -2.11. The van der Waals surface area contributed by atoms with Gasteiger partial charge in [-0.05, 0) is 49.7 Å². The van der Waals surface area contributed by atoms with E-state index in [1.807, 2.05) is 12.1 Å². The topological polar surface area (TPSA) is 21.3 Å². The summed E-state index contributed by atoms with van der Waals surface area (Å²) < 4.78 is 7.04. The standard InChI is InChI=1S/C18H22BrNO/c1-4-20-11-16-10-17(5-6-18(16)19)21-12-15-8-13(2)7-14(3)9-15/h5-10,20H,4,11-12H2,1-3H3. The number of benzene rings is 2. The maximum atomic E-state index is 5.93. The third-order valence-electron chi connectivity index (χ3n) is 3.27. The molecule has 0 aliphatic rings. The van der Waals surface area contributed by atoms with Crippen LogP contribution in [0.3, 0.4) is 0 Å². The molecule has 2 nitrogen and oxygen atoms in total. The van der Waals surface area contributed by atoms with Crippen LogP contribution in [0.25, 0.3) is 0 Å². The van der Waals surface area contributed by atoms with E-state index in [1.54, 1.807) is 0 Å². The van der Waals surface area contributed by atoms with E-state index in [2.05, 4.69) is 66.3 Å². The van der Waals surface area contributed by atoms with Crippen LogP contribution in [0.15, 0.2) is 40.9 Å². The largest absolute Gasteiger partial charge is 0.489 e. The molecular formula is C18H22BrNO. The van der Waals surface area contributed by atoms with Gasteiger partial charge in [-0.3, -0.25) is 0 Å². The average molecular weight is 348 g/mol. The number of ether oxygens (including phenoxy) is 1. The zero-order valence-corrected chi connectivity index (χ0v) is 14.5. The highest BCUT2D eigenvalue weighted by Gasteiger charge is 2.03. The molecule has 1 N–H and O–H groups in total. The van der Waals surface area contributed by atoms with Crippen LogP contribution in [0.5, 0.6) is 5.75 Å². The molecule has 21 heavy (non-hydrogen) atoms. The molecule has 3 heteroatoms. The minimum absolute atomic E-state index is 0.602. The van der Waals surface area contributed by atoms with Gasteiger partial charge in [0.25, 0.3) is 0 Å². The van der Waals surface area contributed by atoms with Gasteiger partial charge in [0.1, 0.15) is 12.4 Å². The summed E-state index contributed by atoms with van der Waals surface area (Å²) in [7, 11) is 0. The van der Waals surface area contributed by atoms with Crippen molar-refractivity contribution in [1.82, 2.24) is 5.32 Å². The molecule has 0 radical (unpaired) electrons. The fourth-order valence-corrected chi connectivity index (χ4v) is 2.74. The molecule has 0 aliphatic heterocycles. The quantitative estimate of drug-likeness (QED) is 0.813. The van der Waals surface area contributed by atoms with Crippen LogP contribution in [0, 0.1) is 13.8 Å². The zero-order valence-electron chi connectivity index (χ0n) is 12.9. The first-order valence-electron chi connectivity index (χ1n) is 7.27. The van der Waals surface area contributed by atoms with Gasteiger partial charge in [0.15, 0.2) is 0 Å². The third kappa shape index (κ3) is 4.87. The van der Waals surface area contributed by atoms with Crippen LogP contribution in [0.1, 0.15) is 29.2 Å². The van der Waals surface area contributed by atoms with Crippen molar-refractivity contribution in [3.63, 3.8) is 0 Å². The van der Waals surface area contributed by atoms with Crippen LogP contribution in [-0.2, 0) is 13.2 Å². The van der Waals surface area contributed by atoms with Gasteiger partial charge in [0.2, 0.25) is 0 Å². The molecule has 0 saturated carbocycles. The van der Waals surface area contributed by atoms with Crippen molar-refractivity contribution in [2.75, 3.05) is 6.54 Å². The molecule has 0 saturated heterocycles. The minimum Gasteiger partial charge on any atom is -0.489 e. The van der Waals surface area contributed by atoms with Gasteiger partial charge in [-0.2, -0.15) is 0 Å². The van der Waals surface area contributed by atoms with Gasteiger partial charge in [-0.1, -0.05) is 52.2 Å². The highest BCUT2D eigenvalue weighted by atomic mass is 79.9. The summed E-state index contributed by atoms with van der Waals surface area (Å²) in [6.07, 6.45) is 0. The lowest BCUT2D eigenvalue weighted by molar-refractivity contribution is 0.305. The molecule has 2 aromatic carbocycles. The van der Waals surface area contributed by atoms with E-state index >= 15 is 0 Å². The van der Waals surface area contributed by atoms with Crippen molar-refractivity contribution >= 4 is 15.9 Å². The van der Waals surface area contributed by atoms with E-state index in [1.165, 1.54) is 22.3 Å². The van der Waals surface area contributed by atoms with Crippen molar-refractivity contribution in [2.45, 2.75) is 33.9 Å². The van der Waals surface area contributed by atoms with Crippen LogP contribution >= 0.6 is 15.9 Å². The highest BCUT2D eigenvalue weighted by molar-refractivity contribution is 9.10.